The number of carbonyl (C=O) groups excluding carboxylic acids is 1. The highest BCUT2D eigenvalue weighted by atomic mass is 79.9. The third kappa shape index (κ3) is 4.33. The number of rotatable bonds is 5. The normalized spacial score (nSPS) is 10.9. The summed E-state index contributed by atoms with van der Waals surface area (Å²) >= 11 is 6.69. The molecule has 0 aliphatic rings. The Kier molecular flexibility index (Phi) is 5.85. The summed E-state index contributed by atoms with van der Waals surface area (Å²) in [6.45, 7) is 2.07. The molecule has 0 radical (unpaired) electrons. The molecule has 0 unspecified atom stereocenters. The van der Waals surface area contributed by atoms with E-state index < -0.39 is 5.97 Å². The van der Waals surface area contributed by atoms with Crippen molar-refractivity contribution in [2.24, 2.45) is 0 Å². The summed E-state index contributed by atoms with van der Waals surface area (Å²) in [5.41, 5.74) is -0.161. The fourth-order valence-electron chi connectivity index (χ4n) is 2.42. The average Bonchev–Trinajstić information content (AvgIpc) is 2.62. The number of fused-ring (bicyclic) bond motifs is 1. The second-order valence-corrected chi connectivity index (χ2v) is 7.42. The van der Waals surface area contributed by atoms with Crippen LogP contribution in [0.25, 0.3) is 10.9 Å². The van der Waals surface area contributed by atoms with Crippen molar-refractivity contribution in [3.63, 3.8) is 0 Å². The van der Waals surface area contributed by atoms with E-state index in [1.165, 1.54) is 16.8 Å². The molecule has 2 aromatic heterocycles. The number of esters is 1. The predicted octanol–water partition coefficient (Wildman–Crippen LogP) is 2.77. The van der Waals surface area contributed by atoms with E-state index in [2.05, 4.69) is 46.9 Å². The second kappa shape index (κ2) is 8.13. The molecule has 0 atom stereocenters. The molecule has 27 heavy (non-hydrogen) atoms. The lowest BCUT2D eigenvalue weighted by molar-refractivity contribution is 0.0452. The first-order valence-electron chi connectivity index (χ1n) is 8.02. The second-order valence-electron chi connectivity index (χ2n) is 5.65. The van der Waals surface area contributed by atoms with E-state index in [9.17, 15) is 14.4 Å². The van der Waals surface area contributed by atoms with Crippen molar-refractivity contribution in [1.29, 1.82) is 0 Å². The van der Waals surface area contributed by atoms with Crippen LogP contribution in [0.15, 0.2) is 42.8 Å². The largest absolute Gasteiger partial charge is 0.453 e. The summed E-state index contributed by atoms with van der Waals surface area (Å²) in [6, 6.07) is 6.00. The van der Waals surface area contributed by atoms with Crippen LogP contribution < -0.4 is 11.1 Å². The van der Waals surface area contributed by atoms with Gasteiger partial charge in [0.1, 0.15) is 12.4 Å². The smallest absolute Gasteiger partial charge is 0.359 e. The van der Waals surface area contributed by atoms with Gasteiger partial charge in [0.2, 0.25) is 0 Å². The first-order chi connectivity index (χ1) is 12.9. The highest BCUT2D eigenvalue weighted by Crippen LogP contribution is 2.25. The first kappa shape index (κ1) is 19.4. The van der Waals surface area contributed by atoms with Gasteiger partial charge in [-0.05, 0) is 40.5 Å². The zero-order valence-electron chi connectivity index (χ0n) is 14.2. The van der Waals surface area contributed by atoms with Gasteiger partial charge in [-0.3, -0.25) is 9.59 Å². The number of ether oxygens (including phenoxy) is 1. The molecule has 0 aliphatic carbocycles. The molecule has 10 heteroatoms. The van der Waals surface area contributed by atoms with Crippen LogP contribution in [0, 0.1) is 0 Å². The van der Waals surface area contributed by atoms with Gasteiger partial charge in [-0.15, -0.1) is 0 Å². The zero-order valence-corrected chi connectivity index (χ0v) is 17.3. The van der Waals surface area contributed by atoms with Gasteiger partial charge < -0.3 is 9.72 Å². The number of nitrogens with zero attached hydrogens (tertiary/aromatic N) is 3. The Morgan fingerprint density at radius 3 is 2.78 bits per heavy atom. The quantitative estimate of drug-likeness (QED) is 0.543. The number of aryl methyl sites for hydroxylation is 1. The lowest BCUT2D eigenvalue weighted by atomic mass is 10.2. The number of carbonyl (C=O) groups is 1. The summed E-state index contributed by atoms with van der Waals surface area (Å²) < 4.78 is 7.77. The van der Waals surface area contributed by atoms with Crippen molar-refractivity contribution >= 4 is 48.7 Å². The van der Waals surface area contributed by atoms with Crippen molar-refractivity contribution in [1.82, 2.24) is 19.7 Å². The molecular formula is C17H14Br2N4O4. The van der Waals surface area contributed by atoms with Gasteiger partial charge in [-0.2, -0.15) is 5.10 Å². The van der Waals surface area contributed by atoms with Crippen molar-refractivity contribution in [3.05, 3.63) is 65.4 Å². The number of hydrogen-bond acceptors (Lipinski definition) is 6. The molecule has 3 rings (SSSR count). The maximum absolute atomic E-state index is 12.2. The maximum Gasteiger partial charge on any atom is 0.359 e. The lowest BCUT2D eigenvalue weighted by Gasteiger charge is -2.07. The summed E-state index contributed by atoms with van der Waals surface area (Å²) in [7, 11) is 0. The highest BCUT2D eigenvalue weighted by molar-refractivity contribution is 9.11. The highest BCUT2D eigenvalue weighted by Gasteiger charge is 2.14. The van der Waals surface area contributed by atoms with E-state index >= 15 is 0 Å². The van der Waals surface area contributed by atoms with Crippen LogP contribution in [0.2, 0.25) is 0 Å². The van der Waals surface area contributed by atoms with Crippen LogP contribution in [0.1, 0.15) is 29.7 Å². The standard InChI is InChI=1S/C17H14Br2N4O4/c1-2-5-23-14(24)4-3-12(22-23)17(26)27-8-13-20-15-10(16(25)21-13)6-9(18)7-11(15)19/h3-4,6-7H,2,5,8H2,1H3,(H,20,21,25). The molecule has 0 aliphatic heterocycles. The fourth-order valence-corrected chi connectivity index (χ4v) is 3.73. The van der Waals surface area contributed by atoms with Crippen LogP contribution in [0.4, 0.5) is 0 Å². The molecular weight excluding hydrogens is 484 g/mol. The van der Waals surface area contributed by atoms with E-state index in [4.69, 9.17) is 4.74 Å². The number of H-pyrrole nitrogens is 1. The Balaban J connectivity index is 1.82. The van der Waals surface area contributed by atoms with Gasteiger partial charge in [0.15, 0.2) is 5.69 Å². The van der Waals surface area contributed by atoms with Crippen LogP contribution in [-0.4, -0.2) is 25.7 Å². The van der Waals surface area contributed by atoms with E-state index in [-0.39, 0.29) is 29.2 Å². The molecule has 0 bridgehead atoms. The molecule has 8 nitrogen and oxygen atoms in total. The van der Waals surface area contributed by atoms with E-state index in [1.54, 1.807) is 12.1 Å². The summed E-state index contributed by atoms with van der Waals surface area (Å²) in [5, 5.41) is 4.39. The summed E-state index contributed by atoms with van der Waals surface area (Å²) in [4.78, 5) is 43.0. The minimum atomic E-state index is -0.711. The molecule has 140 valence electrons. The Bertz CT molecular complexity index is 1140. The van der Waals surface area contributed by atoms with Crippen molar-refractivity contribution in [2.75, 3.05) is 0 Å². The Morgan fingerprint density at radius 1 is 1.26 bits per heavy atom. The molecule has 0 fully saturated rings. The topological polar surface area (TPSA) is 107 Å². The molecule has 3 aromatic rings. The first-order valence-corrected chi connectivity index (χ1v) is 9.61. The number of aromatic amines is 1. The molecule has 0 saturated carbocycles. The minimum absolute atomic E-state index is 0.0105. The number of benzene rings is 1. The van der Waals surface area contributed by atoms with Gasteiger partial charge in [-0.1, -0.05) is 22.9 Å². The SMILES string of the molecule is CCCn1nc(C(=O)OCc2nc3c(Br)cc(Br)cc3c(=O)[nH]2)ccc1=O. The van der Waals surface area contributed by atoms with Gasteiger partial charge in [0.25, 0.3) is 11.1 Å². The van der Waals surface area contributed by atoms with Gasteiger partial charge in [0, 0.05) is 21.6 Å². The molecule has 0 spiro atoms. The molecule has 0 saturated heterocycles. The molecule has 1 aromatic carbocycles. The molecule has 0 amide bonds. The monoisotopic (exact) mass is 496 g/mol. The molecule has 1 N–H and O–H groups in total. The van der Waals surface area contributed by atoms with Gasteiger partial charge in [0.05, 0.1) is 10.9 Å². The average molecular weight is 498 g/mol. The van der Waals surface area contributed by atoms with Crippen molar-refractivity contribution in [2.45, 2.75) is 26.5 Å². The van der Waals surface area contributed by atoms with Crippen LogP contribution in [-0.2, 0) is 17.9 Å². The van der Waals surface area contributed by atoms with Gasteiger partial charge >= 0.3 is 5.97 Å². The zero-order chi connectivity index (χ0) is 19.6. The van der Waals surface area contributed by atoms with Crippen LogP contribution >= 0.6 is 31.9 Å². The Morgan fingerprint density at radius 2 is 2.04 bits per heavy atom. The Hall–Kier alpha value is -2.33. The van der Waals surface area contributed by atoms with E-state index in [1.807, 2.05) is 6.92 Å². The van der Waals surface area contributed by atoms with Crippen molar-refractivity contribution < 1.29 is 9.53 Å². The third-order valence-electron chi connectivity index (χ3n) is 3.63. The van der Waals surface area contributed by atoms with E-state index in [0.717, 1.165) is 4.47 Å². The molecule has 2 heterocycles. The van der Waals surface area contributed by atoms with E-state index in [0.29, 0.717) is 28.3 Å². The van der Waals surface area contributed by atoms with Crippen molar-refractivity contribution in [3.8, 4) is 0 Å². The minimum Gasteiger partial charge on any atom is -0.453 e. The number of aromatic nitrogens is 4. The number of halogens is 2. The van der Waals surface area contributed by atoms with Gasteiger partial charge in [-0.25, -0.2) is 14.5 Å². The maximum atomic E-state index is 12.2. The van der Waals surface area contributed by atoms with Crippen LogP contribution in [0.5, 0.6) is 0 Å². The number of nitrogens with one attached hydrogen (secondary N) is 1. The number of hydrogen-bond donors (Lipinski definition) is 1. The third-order valence-corrected chi connectivity index (χ3v) is 4.69. The predicted molar refractivity (Wildman–Crippen MR) is 106 cm³/mol. The summed E-state index contributed by atoms with van der Waals surface area (Å²) in [5.74, 6) is -0.511. The lowest BCUT2D eigenvalue weighted by Crippen LogP contribution is -2.25. The Labute approximate surface area is 169 Å². The van der Waals surface area contributed by atoms with Crippen LogP contribution in [0.3, 0.4) is 0 Å². The summed E-state index contributed by atoms with van der Waals surface area (Å²) in [6.07, 6.45) is 0.707. The fraction of sp³-hybridized carbons (Fsp3) is 0.235.